The zero-order valence-corrected chi connectivity index (χ0v) is 12.9. The lowest BCUT2D eigenvalue weighted by molar-refractivity contribution is 0.0104. The molecule has 1 atom stereocenters. The maximum absolute atomic E-state index is 6.52. The van der Waals surface area contributed by atoms with Gasteiger partial charge in [0.05, 0.1) is 11.6 Å². The van der Waals surface area contributed by atoms with Crippen LogP contribution in [0, 0.1) is 0 Å². The van der Waals surface area contributed by atoms with Crippen molar-refractivity contribution in [3.63, 3.8) is 0 Å². The summed E-state index contributed by atoms with van der Waals surface area (Å²) in [6.45, 7) is 0.895. The van der Waals surface area contributed by atoms with Gasteiger partial charge in [-0.25, -0.2) is 0 Å². The molecule has 2 heterocycles. The second kappa shape index (κ2) is 6.88. The van der Waals surface area contributed by atoms with E-state index in [0.29, 0.717) is 17.8 Å². The molecule has 118 valence electrons. The van der Waals surface area contributed by atoms with Crippen molar-refractivity contribution in [2.24, 2.45) is 5.73 Å². The summed E-state index contributed by atoms with van der Waals surface area (Å²) < 4.78 is 11.2. The van der Waals surface area contributed by atoms with E-state index in [9.17, 15) is 0 Å². The quantitative estimate of drug-likeness (QED) is 0.863. The van der Waals surface area contributed by atoms with Gasteiger partial charge in [-0.1, -0.05) is 30.8 Å². The number of aromatic nitrogens is 2. The number of rotatable bonds is 4. The van der Waals surface area contributed by atoms with Gasteiger partial charge in [-0.15, -0.1) is 0 Å². The van der Waals surface area contributed by atoms with E-state index in [4.69, 9.17) is 15.0 Å². The average molecular weight is 293 g/mol. The number of hydrogen-bond donors (Lipinski definition) is 1. The largest absolute Gasteiger partial charge is 0.378 e. The summed E-state index contributed by atoms with van der Waals surface area (Å²) >= 11 is 0. The van der Waals surface area contributed by atoms with Crippen LogP contribution in [0.3, 0.4) is 0 Å². The first kappa shape index (κ1) is 15.0. The van der Waals surface area contributed by atoms with Crippen molar-refractivity contribution in [1.82, 2.24) is 10.1 Å². The normalized spacial score (nSPS) is 26.4. The van der Waals surface area contributed by atoms with E-state index in [1.165, 1.54) is 25.7 Å². The average Bonchev–Trinajstić information content (AvgIpc) is 2.89. The third kappa shape index (κ3) is 3.83. The molecule has 1 aliphatic heterocycles. The standard InChI is InChI=1S/C16H27N3O2/c17-16(10-4-1-2-5-11-16)15-18-14(21-19-15)9-8-13-7-3-6-12-20-13/h13H,1-12,17H2. The lowest BCUT2D eigenvalue weighted by Crippen LogP contribution is -2.37. The van der Waals surface area contributed by atoms with Crippen LogP contribution in [-0.4, -0.2) is 22.9 Å². The molecule has 5 heteroatoms. The second-order valence-electron chi connectivity index (χ2n) is 6.61. The third-order valence-electron chi connectivity index (χ3n) is 4.86. The van der Waals surface area contributed by atoms with Crippen LogP contribution in [0.25, 0.3) is 0 Å². The smallest absolute Gasteiger partial charge is 0.226 e. The molecule has 3 rings (SSSR count). The summed E-state index contributed by atoms with van der Waals surface area (Å²) in [6, 6.07) is 0. The lowest BCUT2D eigenvalue weighted by Gasteiger charge is -2.23. The van der Waals surface area contributed by atoms with Crippen molar-refractivity contribution in [2.45, 2.75) is 82.3 Å². The Morgan fingerprint density at radius 3 is 2.62 bits per heavy atom. The minimum atomic E-state index is -0.375. The number of hydrogen-bond acceptors (Lipinski definition) is 5. The fourth-order valence-corrected chi connectivity index (χ4v) is 3.46. The van der Waals surface area contributed by atoms with E-state index in [0.717, 1.165) is 51.6 Å². The summed E-state index contributed by atoms with van der Waals surface area (Å²) in [5.41, 5.74) is 6.15. The molecule has 1 aromatic rings. The highest BCUT2D eigenvalue weighted by Gasteiger charge is 2.33. The molecule has 0 amide bonds. The Hall–Kier alpha value is -0.940. The van der Waals surface area contributed by atoms with E-state index >= 15 is 0 Å². The van der Waals surface area contributed by atoms with Crippen LogP contribution in [-0.2, 0) is 16.7 Å². The molecule has 5 nitrogen and oxygen atoms in total. The first-order chi connectivity index (χ1) is 10.3. The van der Waals surface area contributed by atoms with E-state index < -0.39 is 0 Å². The van der Waals surface area contributed by atoms with Crippen LogP contribution >= 0.6 is 0 Å². The van der Waals surface area contributed by atoms with Crippen LogP contribution in [0.5, 0.6) is 0 Å². The van der Waals surface area contributed by atoms with E-state index in [1.807, 2.05) is 0 Å². The minimum Gasteiger partial charge on any atom is -0.378 e. The second-order valence-corrected chi connectivity index (χ2v) is 6.61. The molecule has 1 saturated heterocycles. The van der Waals surface area contributed by atoms with Gasteiger partial charge in [-0.05, 0) is 38.5 Å². The molecule has 0 spiro atoms. The van der Waals surface area contributed by atoms with Gasteiger partial charge in [0.2, 0.25) is 5.89 Å². The van der Waals surface area contributed by atoms with Crippen LogP contribution in [0.4, 0.5) is 0 Å². The summed E-state index contributed by atoms with van der Waals surface area (Å²) in [5, 5.41) is 4.17. The Morgan fingerprint density at radius 2 is 1.90 bits per heavy atom. The summed E-state index contributed by atoms with van der Waals surface area (Å²) in [4.78, 5) is 4.57. The summed E-state index contributed by atoms with van der Waals surface area (Å²) in [5.74, 6) is 1.43. The molecule has 0 bridgehead atoms. The van der Waals surface area contributed by atoms with Crippen molar-refractivity contribution in [1.29, 1.82) is 0 Å². The highest BCUT2D eigenvalue weighted by molar-refractivity contribution is 5.04. The van der Waals surface area contributed by atoms with E-state index in [2.05, 4.69) is 10.1 Å². The highest BCUT2D eigenvalue weighted by atomic mass is 16.5. The molecule has 1 aromatic heterocycles. The number of ether oxygens (including phenoxy) is 1. The molecular formula is C16H27N3O2. The SMILES string of the molecule is NC1(c2noc(CCC3CCCCO3)n2)CCCCCC1. The van der Waals surface area contributed by atoms with Gasteiger partial charge in [0, 0.05) is 13.0 Å². The highest BCUT2D eigenvalue weighted by Crippen LogP contribution is 2.32. The van der Waals surface area contributed by atoms with Gasteiger partial charge in [-0.2, -0.15) is 4.98 Å². The monoisotopic (exact) mass is 293 g/mol. The van der Waals surface area contributed by atoms with Gasteiger partial charge in [-0.3, -0.25) is 0 Å². The molecule has 0 aromatic carbocycles. The van der Waals surface area contributed by atoms with E-state index in [1.54, 1.807) is 0 Å². The van der Waals surface area contributed by atoms with Crippen LogP contribution < -0.4 is 5.73 Å². The zero-order valence-electron chi connectivity index (χ0n) is 12.9. The van der Waals surface area contributed by atoms with Crippen molar-refractivity contribution in [3.05, 3.63) is 11.7 Å². The van der Waals surface area contributed by atoms with Crippen molar-refractivity contribution in [3.8, 4) is 0 Å². The Balaban J connectivity index is 1.57. The molecule has 21 heavy (non-hydrogen) atoms. The first-order valence-electron chi connectivity index (χ1n) is 8.50. The predicted molar refractivity (Wildman–Crippen MR) is 79.8 cm³/mol. The number of nitrogens with zero attached hydrogens (tertiary/aromatic N) is 2. The Labute approximate surface area is 126 Å². The molecule has 2 N–H and O–H groups in total. The summed E-state index contributed by atoms with van der Waals surface area (Å²) in [7, 11) is 0. The third-order valence-corrected chi connectivity index (χ3v) is 4.86. The molecule has 1 aliphatic carbocycles. The Kier molecular flexibility index (Phi) is 4.91. The van der Waals surface area contributed by atoms with Crippen molar-refractivity contribution < 1.29 is 9.26 Å². The minimum absolute atomic E-state index is 0.360. The summed E-state index contributed by atoms with van der Waals surface area (Å²) in [6.07, 6.45) is 12.5. The van der Waals surface area contributed by atoms with Gasteiger partial charge < -0.3 is 15.0 Å². The Bertz CT molecular complexity index is 432. The van der Waals surface area contributed by atoms with Crippen LogP contribution in [0.1, 0.15) is 75.9 Å². The fourth-order valence-electron chi connectivity index (χ4n) is 3.46. The van der Waals surface area contributed by atoms with Gasteiger partial charge in [0.15, 0.2) is 5.82 Å². The van der Waals surface area contributed by atoms with E-state index in [-0.39, 0.29) is 5.54 Å². The zero-order chi connectivity index (χ0) is 14.5. The first-order valence-corrected chi connectivity index (χ1v) is 8.50. The number of aryl methyl sites for hydroxylation is 1. The van der Waals surface area contributed by atoms with Crippen molar-refractivity contribution in [2.75, 3.05) is 6.61 Å². The molecule has 2 aliphatic rings. The maximum atomic E-state index is 6.52. The van der Waals surface area contributed by atoms with Gasteiger partial charge in [0.25, 0.3) is 0 Å². The van der Waals surface area contributed by atoms with Crippen LogP contribution in [0.2, 0.25) is 0 Å². The molecular weight excluding hydrogens is 266 g/mol. The lowest BCUT2D eigenvalue weighted by atomic mass is 9.91. The maximum Gasteiger partial charge on any atom is 0.226 e. The molecule has 1 unspecified atom stereocenters. The Morgan fingerprint density at radius 1 is 1.10 bits per heavy atom. The molecule has 1 saturated carbocycles. The molecule has 2 fully saturated rings. The van der Waals surface area contributed by atoms with Crippen molar-refractivity contribution >= 4 is 0 Å². The predicted octanol–water partition coefficient (Wildman–Crippen LogP) is 3.08. The fraction of sp³-hybridized carbons (Fsp3) is 0.875. The van der Waals surface area contributed by atoms with Crippen LogP contribution in [0.15, 0.2) is 4.52 Å². The molecule has 0 radical (unpaired) electrons. The van der Waals surface area contributed by atoms with Gasteiger partial charge >= 0.3 is 0 Å². The van der Waals surface area contributed by atoms with Gasteiger partial charge in [0.1, 0.15) is 0 Å². The topological polar surface area (TPSA) is 74.2 Å². The number of nitrogens with two attached hydrogens (primary N) is 1.